The summed E-state index contributed by atoms with van der Waals surface area (Å²) in [5.41, 5.74) is -2.89. The Morgan fingerprint density at radius 1 is 0.273 bits per heavy atom. The Bertz CT molecular complexity index is 530. The monoisotopic (exact) mass is 488 g/mol. The topological polar surface area (TPSA) is 36.9 Å². The second-order valence-corrected chi connectivity index (χ2v) is 17.8. The quantitative estimate of drug-likeness (QED) is 0.320. The van der Waals surface area contributed by atoms with Gasteiger partial charge in [-0.2, -0.15) is 0 Å². The van der Waals surface area contributed by atoms with Crippen LogP contribution < -0.4 is 0 Å². The van der Waals surface area contributed by atoms with Crippen LogP contribution in [0.25, 0.3) is 0 Å². The van der Waals surface area contributed by atoms with E-state index in [9.17, 15) is 0 Å². The predicted octanol–water partition coefficient (Wildman–Crippen LogP) is 8.79. The van der Waals surface area contributed by atoms with E-state index in [4.69, 9.17) is 17.7 Å². The van der Waals surface area contributed by atoms with Gasteiger partial charge in [0, 0.05) is 0 Å². The van der Waals surface area contributed by atoms with Gasteiger partial charge in [-0.15, -0.1) is 0 Å². The van der Waals surface area contributed by atoms with Gasteiger partial charge in [0.25, 0.3) is 0 Å². The van der Waals surface area contributed by atoms with Crippen LogP contribution in [-0.2, 0) is 17.7 Å². The number of hydrogen-bond acceptors (Lipinski definition) is 4. The van der Waals surface area contributed by atoms with E-state index in [-0.39, 0.29) is 21.7 Å². The highest BCUT2D eigenvalue weighted by molar-refractivity contribution is 6.54. The third-order valence-corrected chi connectivity index (χ3v) is 11.8. The molecule has 0 aliphatic carbocycles. The molecule has 0 saturated carbocycles. The Balaban J connectivity index is 7.15. The van der Waals surface area contributed by atoms with Crippen molar-refractivity contribution in [1.29, 1.82) is 0 Å². The highest BCUT2D eigenvalue weighted by Gasteiger charge is 2.63. The zero-order chi connectivity index (χ0) is 27.3. The number of rotatable bonds is 8. The van der Waals surface area contributed by atoms with Crippen molar-refractivity contribution in [2.24, 2.45) is 21.7 Å². The summed E-state index contributed by atoms with van der Waals surface area (Å²) in [6.45, 7) is 43.1. The van der Waals surface area contributed by atoms with Crippen molar-refractivity contribution in [2.75, 3.05) is 0 Å². The van der Waals surface area contributed by atoms with E-state index < -0.39 is 31.5 Å². The molecule has 4 nitrogen and oxygen atoms in total. The Hall–Kier alpha value is 0.0569. The van der Waals surface area contributed by atoms with Gasteiger partial charge in [-0.05, 0) is 77.0 Å². The van der Waals surface area contributed by atoms with Crippen molar-refractivity contribution in [3.63, 3.8) is 0 Å². The molecule has 0 atom stereocenters. The molecule has 0 aromatic carbocycles. The molecule has 0 rings (SSSR count). The molecule has 0 aromatic rings. The van der Waals surface area contributed by atoms with Gasteiger partial charge in [-0.1, -0.05) is 83.1 Å². The zero-order valence-electron chi connectivity index (χ0n) is 26.1. The molecule has 0 aromatic heterocycles. The van der Waals surface area contributed by atoms with Gasteiger partial charge >= 0.3 is 9.05 Å². The molecular weight excluding hydrogens is 428 g/mol. The molecular formula is C28H60O4Si. The van der Waals surface area contributed by atoms with E-state index in [1.807, 2.05) is 0 Å². The minimum absolute atomic E-state index is 0.162. The van der Waals surface area contributed by atoms with Crippen molar-refractivity contribution in [3.8, 4) is 0 Å². The fourth-order valence-corrected chi connectivity index (χ4v) is 5.96. The van der Waals surface area contributed by atoms with Crippen LogP contribution in [0.15, 0.2) is 0 Å². The van der Waals surface area contributed by atoms with Gasteiger partial charge in [-0.25, -0.2) is 0 Å². The Morgan fingerprint density at radius 3 is 0.485 bits per heavy atom. The fraction of sp³-hybridized carbons (Fsp3) is 1.00. The average Bonchev–Trinajstić information content (AvgIpc) is 2.38. The molecule has 0 bridgehead atoms. The maximum Gasteiger partial charge on any atom is 0.681 e. The molecule has 0 saturated heterocycles. The van der Waals surface area contributed by atoms with Crippen LogP contribution in [0.5, 0.6) is 0 Å². The standard InChI is InChI=1S/C28H60O4Si/c1-21(2,3)25(13,14)29-33(30-26(15,16)22(4,5)6,31-27(17,18)23(7,8)9)32-28(19,20)24(10,11)12/h1-20H3. The third-order valence-electron chi connectivity index (χ3n) is 8.75. The first-order valence-electron chi connectivity index (χ1n) is 12.6. The second kappa shape index (κ2) is 9.17. The molecule has 0 amide bonds. The highest BCUT2D eigenvalue weighted by Crippen LogP contribution is 2.47. The molecule has 0 heterocycles. The van der Waals surface area contributed by atoms with Crippen LogP contribution in [0, 0.1) is 21.7 Å². The van der Waals surface area contributed by atoms with Crippen molar-refractivity contribution in [3.05, 3.63) is 0 Å². The molecule has 0 unspecified atom stereocenters. The summed E-state index contributed by atoms with van der Waals surface area (Å²) >= 11 is 0. The summed E-state index contributed by atoms with van der Waals surface area (Å²) in [6, 6.07) is 0. The summed E-state index contributed by atoms with van der Waals surface area (Å²) in [6.07, 6.45) is 0. The first kappa shape index (κ1) is 33.1. The third kappa shape index (κ3) is 8.03. The molecule has 0 spiro atoms. The van der Waals surface area contributed by atoms with Crippen molar-refractivity contribution in [1.82, 2.24) is 0 Å². The molecule has 0 radical (unpaired) electrons. The Labute approximate surface area is 209 Å². The molecule has 0 N–H and O–H groups in total. The average molecular weight is 489 g/mol. The smallest absolute Gasteiger partial charge is 0.345 e. The summed E-state index contributed by atoms with van der Waals surface area (Å²) < 4.78 is 28.2. The van der Waals surface area contributed by atoms with Crippen LogP contribution in [0.4, 0.5) is 0 Å². The lowest BCUT2D eigenvalue weighted by Gasteiger charge is -2.54. The lowest BCUT2D eigenvalue weighted by molar-refractivity contribution is -0.218. The fourth-order valence-electron chi connectivity index (χ4n) is 1.99. The van der Waals surface area contributed by atoms with Gasteiger partial charge in [0.2, 0.25) is 0 Å². The van der Waals surface area contributed by atoms with Crippen molar-refractivity contribution >= 4 is 9.05 Å². The van der Waals surface area contributed by atoms with Crippen LogP contribution in [0.2, 0.25) is 0 Å². The Kier molecular flexibility index (Phi) is 9.19. The van der Waals surface area contributed by atoms with Crippen molar-refractivity contribution < 1.29 is 17.7 Å². The van der Waals surface area contributed by atoms with E-state index in [1.165, 1.54) is 0 Å². The summed E-state index contributed by atoms with van der Waals surface area (Å²) in [5, 5.41) is 0. The first-order chi connectivity index (χ1) is 13.8. The van der Waals surface area contributed by atoms with Crippen LogP contribution in [-0.4, -0.2) is 31.5 Å². The van der Waals surface area contributed by atoms with Gasteiger partial charge in [-0.3, -0.25) is 0 Å². The second-order valence-electron chi connectivity index (χ2n) is 15.9. The normalized spacial score (nSPS) is 16.4. The summed E-state index contributed by atoms with van der Waals surface area (Å²) in [4.78, 5) is 0. The van der Waals surface area contributed by atoms with E-state index in [1.54, 1.807) is 0 Å². The lowest BCUT2D eigenvalue weighted by Crippen LogP contribution is -2.68. The van der Waals surface area contributed by atoms with Crippen molar-refractivity contribution in [2.45, 2.75) is 161 Å². The number of hydrogen-bond donors (Lipinski definition) is 0. The van der Waals surface area contributed by atoms with E-state index in [0.29, 0.717) is 0 Å². The molecule has 0 aliphatic heterocycles. The predicted molar refractivity (Wildman–Crippen MR) is 144 cm³/mol. The SMILES string of the molecule is CC(C)(C)C(C)(C)O[Si](OC(C)(C)C(C)(C)C)(OC(C)(C)C(C)(C)C)OC(C)(C)C(C)(C)C. The van der Waals surface area contributed by atoms with E-state index >= 15 is 0 Å². The van der Waals surface area contributed by atoms with Gasteiger partial charge in [0.1, 0.15) is 0 Å². The lowest BCUT2D eigenvalue weighted by atomic mass is 9.79. The minimum atomic E-state index is -3.78. The molecule has 5 heteroatoms. The van der Waals surface area contributed by atoms with Crippen LogP contribution >= 0.6 is 0 Å². The maximum absolute atomic E-state index is 7.06. The van der Waals surface area contributed by atoms with Gasteiger partial charge in [0.15, 0.2) is 0 Å². The molecule has 0 aliphatic rings. The minimum Gasteiger partial charge on any atom is -0.345 e. The summed E-state index contributed by atoms with van der Waals surface area (Å²) in [7, 11) is -3.78. The van der Waals surface area contributed by atoms with Gasteiger partial charge in [0.05, 0.1) is 22.4 Å². The van der Waals surface area contributed by atoms with E-state index in [2.05, 4.69) is 138 Å². The van der Waals surface area contributed by atoms with Gasteiger partial charge < -0.3 is 17.7 Å². The highest BCUT2D eigenvalue weighted by atomic mass is 28.4. The van der Waals surface area contributed by atoms with Crippen LogP contribution in [0.1, 0.15) is 138 Å². The molecule has 200 valence electrons. The maximum atomic E-state index is 7.06. The van der Waals surface area contributed by atoms with Crippen LogP contribution in [0.3, 0.4) is 0 Å². The molecule has 0 fully saturated rings. The zero-order valence-corrected chi connectivity index (χ0v) is 27.1. The summed E-state index contributed by atoms with van der Waals surface area (Å²) in [5.74, 6) is 0. The largest absolute Gasteiger partial charge is 0.681 e. The van der Waals surface area contributed by atoms with E-state index in [0.717, 1.165) is 0 Å². The molecule has 33 heavy (non-hydrogen) atoms. The first-order valence-corrected chi connectivity index (χ1v) is 14.3. The Morgan fingerprint density at radius 2 is 0.394 bits per heavy atom.